The Balaban J connectivity index is 1.42. The number of aryl methyl sites for hydroxylation is 2. The Hall–Kier alpha value is -3.46. The number of pyridine rings is 1. The molecular weight excluding hydrogens is 423 g/mol. The molecule has 0 spiro atoms. The third kappa shape index (κ3) is 4.83. The number of fused-ring (bicyclic) bond motifs is 1. The van der Waals surface area contributed by atoms with Crippen molar-refractivity contribution >= 4 is 23.1 Å². The van der Waals surface area contributed by atoms with Gasteiger partial charge in [-0.25, -0.2) is 4.98 Å². The maximum absolute atomic E-state index is 13.0. The zero-order valence-electron chi connectivity index (χ0n) is 19.1. The van der Waals surface area contributed by atoms with E-state index in [-0.39, 0.29) is 5.91 Å². The molecule has 0 radical (unpaired) electrons. The summed E-state index contributed by atoms with van der Waals surface area (Å²) in [6.07, 6.45) is 2.41. The number of anilines is 1. The number of amidine groups is 1. The van der Waals surface area contributed by atoms with Crippen molar-refractivity contribution in [1.29, 1.82) is 0 Å². The first-order valence-corrected chi connectivity index (χ1v) is 11.2. The largest absolute Gasteiger partial charge is 0.347 e. The summed E-state index contributed by atoms with van der Waals surface area (Å²) in [5.74, 6) is 0.335. The predicted molar refractivity (Wildman–Crippen MR) is 126 cm³/mol. The summed E-state index contributed by atoms with van der Waals surface area (Å²) in [7, 11) is 0. The standard InChI is InChI=1S/C24H29FN6O2/c1-4-19-22(30-15-16(3)6-11-21(30)28-19)24(32)27-14-17-7-9-18(10-8-17)31-13-12-26-23(29-31)20(5-2)33-25/h6-11,15,20H,4-5,12-14H2,1-3H3,(H,26,29)(H,27,32). The molecule has 2 N–H and O–H groups in total. The molecule has 1 aliphatic rings. The van der Waals surface area contributed by atoms with Crippen LogP contribution in [-0.2, 0) is 17.9 Å². The molecule has 4 rings (SSSR count). The van der Waals surface area contributed by atoms with E-state index < -0.39 is 6.10 Å². The van der Waals surface area contributed by atoms with E-state index >= 15 is 0 Å². The molecule has 3 heterocycles. The number of carbonyl (C=O) groups excluding carboxylic acids is 1. The van der Waals surface area contributed by atoms with Gasteiger partial charge in [0.1, 0.15) is 17.2 Å². The van der Waals surface area contributed by atoms with Crippen LogP contribution in [0.5, 0.6) is 0 Å². The molecule has 3 aromatic rings. The van der Waals surface area contributed by atoms with Gasteiger partial charge < -0.3 is 5.32 Å². The highest BCUT2D eigenvalue weighted by molar-refractivity contribution is 5.94. The first kappa shape index (κ1) is 22.7. The fourth-order valence-corrected chi connectivity index (χ4v) is 3.91. The fraction of sp³-hybridized carbons (Fsp3) is 0.375. The van der Waals surface area contributed by atoms with Gasteiger partial charge in [-0.05, 0) is 53.6 Å². The van der Waals surface area contributed by atoms with Crippen molar-refractivity contribution in [2.24, 2.45) is 4.99 Å². The third-order valence-corrected chi connectivity index (χ3v) is 5.73. The highest BCUT2D eigenvalue weighted by atomic mass is 19.3. The lowest BCUT2D eigenvalue weighted by molar-refractivity contribution is -0.156. The molecule has 8 nitrogen and oxygen atoms in total. The Kier molecular flexibility index (Phi) is 6.88. The minimum absolute atomic E-state index is 0.149. The Labute approximate surface area is 192 Å². The molecule has 0 fully saturated rings. The van der Waals surface area contributed by atoms with Crippen LogP contribution in [0.3, 0.4) is 0 Å². The Morgan fingerprint density at radius 2 is 2.03 bits per heavy atom. The molecule has 2 aromatic heterocycles. The van der Waals surface area contributed by atoms with E-state index in [1.165, 1.54) is 0 Å². The summed E-state index contributed by atoms with van der Waals surface area (Å²) in [6.45, 7) is 7.45. The number of hydrogen-bond donors (Lipinski definition) is 2. The van der Waals surface area contributed by atoms with Gasteiger partial charge in [-0.15, -0.1) is 0 Å². The van der Waals surface area contributed by atoms with Crippen LogP contribution in [0.25, 0.3) is 5.65 Å². The van der Waals surface area contributed by atoms with Crippen LogP contribution in [0.4, 0.5) is 10.2 Å². The van der Waals surface area contributed by atoms with Gasteiger partial charge in [0.2, 0.25) is 0 Å². The maximum Gasteiger partial charge on any atom is 0.270 e. The zero-order valence-corrected chi connectivity index (χ0v) is 19.1. The smallest absolute Gasteiger partial charge is 0.270 e. The highest BCUT2D eigenvalue weighted by Gasteiger charge is 2.22. The molecule has 1 aliphatic heterocycles. The number of aromatic nitrogens is 2. The average Bonchev–Trinajstić information content (AvgIpc) is 3.21. The predicted octanol–water partition coefficient (Wildman–Crippen LogP) is 3.54. The molecule has 1 atom stereocenters. The topological polar surface area (TPSA) is 83.3 Å². The van der Waals surface area contributed by atoms with Crippen molar-refractivity contribution < 1.29 is 14.3 Å². The summed E-state index contributed by atoms with van der Waals surface area (Å²) >= 11 is 0. The molecular formula is C24H29FN6O2. The summed E-state index contributed by atoms with van der Waals surface area (Å²) in [6, 6.07) is 11.8. The number of rotatable bonds is 8. The number of imidazole rings is 1. The number of nitrogens with one attached hydrogen (secondary N) is 2. The molecule has 0 saturated carbocycles. The van der Waals surface area contributed by atoms with Crippen LogP contribution in [0.2, 0.25) is 0 Å². The van der Waals surface area contributed by atoms with Crippen LogP contribution in [0, 0.1) is 6.92 Å². The zero-order chi connectivity index (χ0) is 23.4. The summed E-state index contributed by atoms with van der Waals surface area (Å²) in [5, 5.41) is 4.93. The quantitative estimate of drug-likeness (QED) is 0.546. The molecule has 0 aliphatic carbocycles. The summed E-state index contributed by atoms with van der Waals surface area (Å²) in [5.41, 5.74) is 8.23. The summed E-state index contributed by atoms with van der Waals surface area (Å²) in [4.78, 5) is 25.9. The van der Waals surface area contributed by atoms with Crippen molar-refractivity contribution in [1.82, 2.24) is 20.1 Å². The normalized spacial score (nSPS) is 14.7. The van der Waals surface area contributed by atoms with Crippen molar-refractivity contribution in [3.05, 3.63) is 65.1 Å². The van der Waals surface area contributed by atoms with Crippen LogP contribution >= 0.6 is 0 Å². The summed E-state index contributed by atoms with van der Waals surface area (Å²) < 4.78 is 14.6. The molecule has 0 bridgehead atoms. The van der Waals surface area contributed by atoms with Gasteiger partial charge in [-0.3, -0.25) is 24.6 Å². The number of hydrazine groups is 1. The second-order valence-electron chi connectivity index (χ2n) is 8.06. The van der Waals surface area contributed by atoms with E-state index in [9.17, 15) is 9.32 Å². The van der Waals surface area contributed by atoms with Gasteiger partial charge in [0.25, 0.3) is 5.91 Å². The molecule has 1 unspecified atom stereocenters. The number of amides is 1. The number of carbonyl (C=O) groups is 1. The second kappa shape index (κ2) is 9.99. The van der Waals surface area contributed by atoms with E-state index in [1.54, 1.807) is 0 Å². The minimum atomic E-state index is -0.696. The van der Waals surface area contributed by atoms with Crippen LogP contribution in [0.1, 0.15) is 47.6 Å². The van der Waals surface area contributed by atoms with Crippen LogP contribution < -0.4 is 15.8 Å². The second-order valence-corrected chi connectivity index (χ2v) is 8.06. The van der Waals surface area contributed by atoms with E-state index in [1.807, 2.05) is 72.8 Å². The van der Waals surface area contributed by atoms with Crippen LogP contribution in [0.15, 0.2) is 47.6 Å². The Bertz CT molecular complexity index is 1150. The Morgan fingerprint density at radius 1 is 1.24 bits per heavy atom. The Morgan fingerprint density at radius 3 is 2.73 bits per heavy atom. The van der Waals surface area contributed by atoms with Gasteiger partial charge in [0, 0.05) is 12.7 Å². The SMILES string of the molecule is CCc1nc2ccc(C)cn2c1C(=O)NCc1ccc(N2CCN=C(C(CC)OF)N2)cc1. The lowest BCUT2D eigenvalue weighted by Crippen LogP contribution is -2.51. The number of nitrogens with zero attached hydrogens (tertiary/aromatic N) is 4. The van der Waals surface area contributed by atoms with Crippen molar-refractivity contribution in [2.75, 3.05) is 18.1 Å². The van der Waals surface area contributed by atoms with Gasteiger partial charge in [-0.2, -0.15) is 4.94 Å². The van der Waals surface area contributed by atoms with Gasteiger partial charge in [-0.1, -0.05) is 32.0 Å². The third-order valence-electron chi connectivity index (χ3n) is 5.73. The number of hydrogen-bond acceptors (Lipinski definition) is 6. The van der Waals surface area contributed by atoms with E-state index in [2.05, 4.69) is 25.7 Å². The fourth-order valence-electron chi connectivity index (χ4n) is 3.91. The van der Waals surface area contributed by atoms with Crippen molar-refractivity contribution in [3.8, 4) is 0 Å². The number of aliphatic imine (C=N–C) groups is 1. The van der Waals surface area contributed by atoms with Gasteiger partial charge in [0.05, 0.1) is 24.5 Å². The maximum atomic E-state index is 13.0. The highest BCUT2D eigenvalue weighted by Crippen LogP contribution is 2.18. The monoisotopic (exact) mass is 452 g/mol. The van der Waals surface area contributed by atoms with Crippen molar-refractivity contribution in [2.45, 2.75) is 46.3 Å². The first-order chi connectivity index (χ1) is 16.0. The first-order valence-electron chi connectivity index (χ1n) is 11.2. The molecule has 1 aromatic carbocycles. The van der Waals surface area contributed by atoms with E-state index in [0.29, 0.717) is 44.0 Å². The van der Waals surface area contributed by atoms with Gasteiger partial charge >= 0.3 is 0 Å². The number of benzene rings is 1. The molecule has 1 amide bonds. The molecule has 0 saturated heterocycles. The van der Waals surface area contributed by atoms with E-state index in [0.717, 1.165) is 28.2 Å². The lowest BCUT2D eigenvalue weighted by Gasteiger charge is -2.31. The van der Waals surface area contributed by atoms with Crippen LogP contribution in [-0.4, -0.2) is 40.3 Å². The number of halogens is 1. The molecule has 9 heteroatoms. The minimum Gasteiger partial charge on any atom is -0.347 e. The lowest BCUT2D eigenvalue weighted by atomic mass is 10.2. The average molecular weight is 453 g/mol. The van der Waals surface area contributed by atoms with Crippen molar-refractivity contribution in [3.63, 3.8) is 0 Å². The van der Waals surface area contributed by atoms with E-state index in [4.69, 9.17) is 0 Å². The molecule has 174 valence electrons. The molecule has 33 heavy (non-hydrogen) atoms. The van der Waals surface area contributed by atoms with Gasteiger partial charge in [0.15, 0.2) is 6.10 Å².